The average Bonchev–Trinajstić information content (AvgIpc) is 3.34. The first-order valence-electron chi connectivity index (χ1n) is 11.8. The average molecular weight is 465 g/mol. The summed E-state index contributed by atoms with van der Waals surface area (Å²) < 4.78 is 0. The van der Waals surface area contributed by atoms with Crippen LogP contribution in [0.4, 0.5) is 16.2 Å². The van der Waals surface area contributed by atoms with Crippen LogP contribution in [0.5, 0.6) is 0 Å². The van der Waals surface area contributed by atoms with E-state index < -0.39 is 6.09 Å². The molecule has 0 spiro atoms. The highest BCUT2D eigenvalue weighted by molar-refractivity contribution is 6.03. The normalized spacial score (nSPS) is 18.0. The first-order chi connectivity index (χ1) is 16.3. The lowest BCUT2D eigenvalue weighted by atomic mass is 9.99. The number of benzene rings is 2. The van der Waals surface area contributed by atoms with E-state index >= 15 is 0 Å². The zero-order valence-corrected chi connectivity index (χ0v) is 20.0. The number of anilines is 2. The molecule has 2 heterocycles. The molecule has 0 aliphatic carbocycles. The Hall–Kier alpha value is -3.39. The molecule has 2 aliphatic rings. The molecule has 1 fully saturated rings. The van der Waals surface area contributed by atoms with Gasteiger partial charge in [0.15, 0.2) is 0 Å². The fraction of sp³-hybridized carbons (Fsp3) is 0.423. The number of carbonyl (C=O) groups is 3. The Morgan fingerprint density at radius 2 is 1.65 bits per heavy atom. The number of likely N-dealkylation sites (tertiary alicyclic amines) is 1. The van der Waals surface area contributed by atoms with E-state index in [1.165, 1.54) is 24.7 Å². The minimum absolute atomic E-state index is 0.0145. The summed E-state index contributed by atoms with van der Waals surface area (Å²) in [6, 6.07) is 12.6. The summed E-state index contributed by atoms with van der Waals surface area (Å²) in [4.78, 5) is 44.0. The smallest absolute Gasteiger partial charge is 0.411 e. The van der Waals surface area contributed by atoms with Crippen LogP contribution in [-0.2, 0) is 4.79 Å². The third kappa shape index (κ3) is 4.77. The maximum Gasteiger partial charge on any atom is 0.411 e. The molecule has 0 aromatic heterocycles. The number of carboxylic acid groups (broad SMARTS) is 1. The van der Waals surface area contributed by atoms with Crippen LogP contribution >= 0.6 is 0 Å². The molecule has 1 saturated heterocycles. The highest BCUT2D eigenvalue weighted by Gasteiger charge is 2.33. The number of carbonyl (C=O) groups excluding carboxylic acids is 2. The van der Waals surface area contributed by atoms with Crippen molar-refractivity contribution >= 4 is 29.3 Å². The number of likely N-dealkylation sites (N-methyl/N-ethyl adjacent to an activating group) is 1. The lowest BCUT2D eigenvalue weighted by Gasteiger charge is -2.39. The lowest BCUT2D eigenvalue weighted by molar-refractivity contribution is -0.117. The van der Waals surface area contributed by atoms with Crippen LogP contribution in [0.15, 0.2) is 42.5 Å². The number of fused-ring (bicyclic) bond motifs is 1. The van der Waals surface area contributed by atoms with E-state index in [2.05, 4.69) is 4.90 Å². The van der Waals surface area contributed by atoms with Gasteiger partial charge in [-0.25, -0.2) is 4.79 Å². The molecule has 0 unspecified atom stereocenters. The molecule has 4 rings (SSSR count). The second-order valence-corrected chi connectivity index (χ2v) is 9.19. The lowest BCUT2D eigenvalue weighted by Crippen LogP contribution is -2.51. The van der Waals surface area contributed by atoms with Crippen LogP contribution in [0.25, 0.3) is 11.1 Å². The van der Waals surface area contributed by atoms with Crippen molar-refractivity contribution in [3.63, 3.8) is 0 Å². The van der Waals surface area contributed by atoms with Crippen LogP contribution in [0.2, 0.25) is 0 Å². The number of hydrogen-bond donors (Lipinski definition) is 1. The minimum atomic E-state index is -1.05. The molecule has 34 heavy (non-hydrogen) atoms. The Balaban J connectivity index is 1.53. The van der Waals surface area contributed by atoms with E-state index in [9.17, 15) is 19.5 Å². The summed E-state index contributed by atoms with van der Waals surface area (Å²) in [5, 5.41) is 9.73. The van der Waals surface area contributed by atoms with Gasteiger partial charge in [-0.15, -0.1) is 0 Å². The fourth-order valence-corrected chi connectivity index (χ4v) is 4.89. The number of nitrogens with zero attached hydrogens (tertiary/aromatic N) is 4. The van der Waals surface area contributed by atoms with Crippen LogP contribution in [0, 0.1) is 0 Å². The van der Waals surface area contributed by atoms with Gasteiger partial charge in [0.25, 0.3) is 5.91 Å². The van der Waals surface area contributed by atoms with E-state index in [0.717, 1.165) is 30.8 Å². The van der Waals surface area contributed by atoms with Gasteiger partial charge in [0.1, 0.15) is 0 Å². The highest BCUT2D eigenvalue weighted by Crippen LogP contribution is 2.39. The second kappa shape index (κ2) is 9.85. The first-order valence-corrected chi connectivity index (χ1v) is 11.8. The molecule has 8 nitrogen and oxygen atoms in total. The largest absolute Gasteiger partial charge is 0.465 e. The zero-order valence-electron chi connectivity index (χ0n) is 20.0. The Bertz CT molecular complexity index is 1080. The predicted octanol–water partition coefficient (Wildman–Crippen LogP) is 3.76. The molecule has 3 amide bonds. The van der Waals surface area contributed by atoms with Crippen molar-refractivity contribution in [2.24, 2.45) is 0 Å². The van der Waals surface area contributed by atoms with Crippen LogP contribution in [-0.4, -0.2) is 78.6 Å². The number of hydrogen-bond acceptors (Lipinski definition) is 4. The van der Waals surface area contributed by atoms with Crippen molar-refractivity contribution in [1.82, 2.24) is 9.80 Å². The maximum atomic E-state index is 12.8. The van der Waals surface area contributed by atoms with Gasteiger partial charge in [0.2, 0.25) is 5.91 Å². The number of amides is 3. The SMILES string of the molecule is CC(=O)N1c2ccc(-c3ccc(C(=O)N(C)CCN4CCCC4)cc3)cc2N(C(=O)O)C[C@@H]1C. The molecule has 2 aromatic rings. The molecular weight excluding hydrogens is 432 g/mol. The van der Waals surface area contributed by atoms with Crippen molar-refractivity contribution in [3.05, 3.63) is 48.0 Å². The van der Waals surface area contributed by atoms with Gasteiger partial charge in [0.05, 0.1) is 17.4 Å². The monoisotopic (exact) mass is 464 g/mol. The van der Waals surface area contributed by atoms with Crippen molar-refractivity contribution in [1.29, 1.82) is 0 Å². The number of rotatable bonds is 5. The Morgan fingerprint density at radius 1 is 1.00 bits per heavy atom. The molecule has 1 atom stereocenters. The Morgan fingerprint density at radius 3 is 2.26 bits per heavy atom. The van der Waals surface area contributed by atoms with Crippen LogP contribution in [0.1, 0.15) is 37.0 Å². The molecular formula is C26H32N4O4. The van der Waals surface area contributed by atoms with Crippen LogP contribution < -0.4 is 9.80 Å². The summed E-state index contributed by atoms with van der Waals surface area (Å²) >= 11 is 0. The van der Waals surface area contributed by atoms with Crippen molar-refractivity contribution in [2.45, 2.75) is 32.7 Å². The summed E-state index contributed by atoms with van der Waals surface area (Å²) in [6.07, 6.45) is 1.42. The Kier molecular flexibility index (Phi) is 6.88. The van der Waals surface area contributed by atoms with E-state index in [1.54, 1.807) is 21.9 Å². The summed E-state index contributed by atoms with van der Waals surface area (Å²) in [5.74, 6) is -0.136. The molecule has 2 aliphatic heterocycles. The maximum absolute atomic E-state index is 12.8. The molecule has 0 bridgehead atoms. The van der Waals surface area contributed by atoms with Gasteiger partial charge < -0.3 is 19.8 Å². The second-order valence-electron chi connectivity index (χ2n) is 9.19. The van der Waals surface area contributed by atoms with E-state index in [4.69, 9.17) is 0 Å². The summed E-state index contributed by atoms with van der Waals surface area (Å²) in [6.45, 7) is 7.35. The van der Waals surface area contributed by atoms with Crippen molar-refractivity contribution in [3.8, 4) is 11.1 Å². The van der Waals surface area contributed by atoms with Gasteiger partial charge in [-0.05, 0) is 68.2 Å². The van der Waals surface area contributed by atoms with E-state index in [0.29, 0.717) is 23.5 Å². The minimum Gasteiger partial charge on any atom is -0.465 e. The fourth-order valence-electron chi connectivity index (χ4n) is 4.89. The van der Waals surface area contributed by atoms with E-state index in [-0.39, 0.29) is 24.4 Å². The topological polar surface area (TPSA) is 84.4 Å². The quantitative estimate of drug-likeness (QED) is 0.728. The summed E-state index contributed by atoms with van der Waals surface area (Å²) in [7, 11) is 1.83. The molecule has 2 aromatic carbocycles. The third-order valence-corrected chi connectivity index (χ3v) is 6.75. The van der Waals surface area contributed by atoms with Gasteiger partial charge in [-0.3, -0.25) is 14.5 Å². The molecule has 1 N–H and O–H groups in total. The van der Waals surface area contributed by atoms with Gasteiger partial charge in [-0.1, -0.05) is 18.2 Å². The van der Waals surface area contributed by atoms with Crippen molar-refractivity contribution < 1.29 is 19.5 Å². The summed E-state index contributed by atoms with van der Waals surface area (Å²) in [5.41, 5.74) is 3.39. The van der Waals surface area contributed by atoms with E-state index in [1.807, 2.05) is 44.3 Å². The van der Waals surface area contributed by atoms with Gasteiger partial charge in [-0.2, -0.15) is 0 Å². The third-order valence-electron chi connectivity index (χ3n) is 6.75. The van der Waals surface area contributed by atoms with Gasteiger partial charge >= 0.3 is 6.09 Å². The molecule has 180 valence electrons. The van der Waals surface area contributed by atoms with Gasteiger partial charge in [0, 0.05) is 39.2 Å². The highest BCUT2D eigenvalue weighted by atomic mass is 16.4. The van der Waals surface area contributed by atoms with Crippen molar-refractivity contribution in [2.75, 3.05) is 49.6 Å². The first kappa shape index (κ1) is 23.8. The zero-order chi connectivity index (χ0) is 24.4. The Labute approximate surface area is 200 Å². The molecule has 0 saturated carbocycles. The predicted molar refractivity (Wildman–Crippen MR) is 133 cm³/mol. The molecule has 0 radical (unpaired) electrons. The molecule has 8 heteroatoms. The standard InChI is InChI=1S/C26H32N4O4/c1-18-17-29(26(33)34)24-16-22(10-11-23(24)30(18)19(2)31)20-6-8-21(9-7-20)25(32)27(3)14-15-28-12-4-5-13-28/h6-11,16,18H,4-5,12-15,17H2,1-3H3,(H,33,34)/t18-/m0/s1. The van der Waals surface area contributed by atoms with Crippen LogP contribution in [0.3, 0.4) is 0 Å².